The highest BCUT2D eigenvalue weighted by Crippen LogP contribution is 2.39. The van der Waals surface area contributed by atoms with Crippen molar-refractivity contribution >= 4 is 41.0 Å². The Morgan fingerprint density at radius 3 is 2.36 bits per heavy atom. The number of hydrogen-bond acceptors (Lipinski definition) is 10. The van der Waals surface area contributed by atoms with E-state index in [4.69, 9.17) is 43.1 Å². The van der Waals surface area contributed by atoms with Gasteiger partial charge < -0.3 is 40.2 Å². The molecule has 15 heteroatoms. The molecular formula is C44H50Cl2N4O9. The van der Waals surface area contributed by atoms with E-state index in [9.17, 15) is 29.7 Å². The lowest BCUT2D eigenvalue weighted by atomic mass is 9.79. The number of carboxylic acid groups (broad SMARTS) is 2. The molecule has 2 saturated heterocycles. The van der Waals surface area contributed by atoms with E-state index in [0.717, 1.165) is 48.1 Å². The Labute approximate surface area is 353 Å². The van der Waals surface area contributed by atoms with E-state index >= 15 is 0 Å². The van der Waals surface area contributed by atoms with Crippen molar-refractivity contribution in [3.63, 3.8) is 0 Å². The molecule has 0 saturated carbocycles. The van der Waals surface area contributed by atoms with Crippen molar-refractivity contribution in [2.75, 3.05) is 39.4 Å². The molecule has 2 aliphatic heterocycles. The third-order valence-electron chi connectivity index (χ3n) is 11.4. The number of likely N-dealkylation sites (tertiary alicyclic amines) is 2. The standard InChI is InChI=1S/C44H50Cl2N4O9/c1-28-30(7-4-8-33(28)34-9-5-11-37(40(34)46)57-18-6-14-49-16-12-44(27-51,13-17-49)43(55)56)26-59-39-21-38(58-25-29-19-31(41(47)52)23-48-22-29)32(20-35(39)45)24-50-15-3-2-10-36(50)42(53)54/h4-5,7-9,11,19-23,36,51H,2-3,6,10,12-18,24-27H2,1H3,(H2,47,52)(H,53,54)(H,55,56)/t36-/m0/s1. The number of pyridine rings is 1. The molecule has 4 aromatic rings. The van der Waals surface area contributed by atoms with Crippen molar-refractivity contribution in [2.24, 2.45) is 11.1 Å². The van der Waals surface area contributed by atoms with E-state index in [1.165, 1.54) is 6.20 Å². The number of primary amides is 1. The fourth-order valence-corrected chi connectivity index (χ4v) is 8.24. The molecular weight excluding hydrogens is 799 g/mol. The average Bonchev–Trinajstić information content (AvgIpc) is 3.23. The molecule has 59 heavy (non-hydrogen) atoms. The van der Waals surface area contributed by atoms with Gasteiger partial charge >= 0.3 is 11.9 Å². The number of carboxylic acids is 2. The van der Waals surface area contributed by atoms with Crippen LogP contribution < -0.4 is 19.9 Å². The fraction of sp³-hybridized carbons (Fsp3) is 0.409. The summed E-state index contributed by atoms with van der Waals surface area (Å²) in [5.74, 6) is -1.02. The number of rotatable bonds is 18. The summed E-state index contributed by atoms with van der Waals surface area (Å²) in [6, 6.07) is 16.0. The van der Waals surface area contributed by atoms with E-state index in [1.54, 1.807) is 24.4 Å². The Bertz CT molecular complexity index is 2140. The molecule has 5 N–H and O–H groups in total. The quantitative estimate of drug-likeness (QED) is 0.0754. The van der Waals surface area contributed by atoms with Crippen molar-refractivity contribution in [1.82, 2.24) is 14.8 Å². The minimum atomic E-state index is -1.05. The number of carbonyl (C=O) groups is 3. The first-order valence-electron chi connectivity index (χ1n) is 19.7. The monoisotopic (exact) mass is 848 g/mol. The second-order valence-corrected chi connectivity index (χ2v) is 16.0. The van der Waals surface area contributed by atoms with Gasteiger partial charge in [-0.3, -0.25) is 24.3 Å². The lowest BCUT2D eigenvalue weighted by molar-refractivity contribution is -0.155. The average molecular weight is 850 g/mol. The van der Waals surface area contributed by atoms with Gasteiger partial charge in [-0.1, -0.05) is 60.0 Å². The lowest BCUT2D eigenvalue weighted by Crippen LogP contribution is -2.46. The molecule has 1 aromatic heterocycles. The summed E-state index contributed by atoms with van der Waals surface area (Å²) in [7, 11) is 0. The maximum absolute atomic E-state index is 12.1. The van der Waals surface area contributed by atoms with Gasteiger partial charge in [0.25, 0.3) is 0 Å². The van der Waals surface area contributed by atoms with Gasteiger partial charge in [0.15, 0.2) is 0 Å². The second-order valence-electron chi connectivity index (χ2n) is 15.2. The number of hydrogen-bond donors (Lipinski definition) is 4. The smallest absolute Gasteiger partial charge is 0.320 e. The highest BCUT2D eigenvalue weighted by Gasteiger charge is 2.41. The predicted molar refractivity (Wildman–Crippen MR) is 223 cm³/mol. The van der Waals surface area contributed by atoms with E-state index in [1.807, 2.05) is 48.2 Å². The van der Waals surface area contributed by atoms with Gasteiger partial charge in [-0.15, -0.1) is 0 Å². The zero-order chi connectivity index (χ0) is 42.1. The van der Waals surface area contributed by atoms with E-state index < -0.39 is 29.3 Å². The molecule has 2 aliphatic rings. The Balaban J connectivity index is 1.14. The van der Waals surface area contributed by atoms with E-state index in [-0.39, 0.29) is 25.4 Å². The number of amides is 1. The molecule has 0 aliphatic carbocycles. The van der Waals surface area contributed by atoms with Crippen LogP contribution in [0.1, 0.15) is 71.1 Å². The van der Waals surface area contributed by atoms with Crippen molar-refractivity contribution < 1.29 is 43.9 Å². The van der Waals surface area contributed by atoms with Crippen molar-refractivity contribution in [2.45, 2.75) is 71.2 Å². The molecule has 2 fully saturated rings. The van der Waals surface area contributed by atoms with Gasteiger partial charge in [-0.25, -0.2) is 0 Å². The maximum Gasteiger partial charge on any atom is 0.320 e. The predicted octanol–water partition coefficient (Wildman–Crippen LogP) is 6.99. The molecule has 0 unspecified atom stereocenters. The number of halogens is 2. The van der Waals surface area contributed by atoms with E-state index in [0.29, 0.717) is 90.5 Å². The zero-order valence-corrected chi connectivity index (χ0v) is 34.5. The number of nitrogens with zero attached hydrogens (tertiary/aromatic N) is 3. The zero-order valence-electron chi connectivity index (χ0n) is 33.0. The third kappa shape index (κ3) is 10.6. The van der Waals surface area contributed by atoms with Crippen LogP contribution in [0.4, 0.5) is 0 Å². The number of piperidine rings is 2. The summed E-state index contributed by atoms with van der Waals surface area (Å²) in [4.78, 5) is 43.8. The SMILES string of the molecule is Cc1c(COc2cc(OCc3cncc(C(N)=O)c3)c(CN3CCCC[C@H]3C(=O)O)cc2Cl)cccc1-c1cccc(OCCCN2CCC(CO)(C(=O)O)CC2)c1Cl. The third-order valence-corrected chi connectivity index (χ3v) is 12.1. The van der Waals surface area contributed by atoms with Crippen LogP contribution >= 0.6 is 23.2 Å². The summed E-state index contributed by atoms with van der Waals surface area (Å²) in [6.07, 6.45) is 6.80. The first kappa shape index (κ1) is 43.7. The van der Waals surface area contributed by atoms with Crippen LogP contribution in [0, 0.1) is 12.3 Å². The number of aromatic nitrogens is 1. The minimum Gasteiger partial charge on any atom is -0.492 e. The van der Waals surface area contributed by atoms with Crippen LogP contribution in [0.15, 0.2) is 67.0 Å². The number of ether oxygens (including phenoxy) is 3. The van der Waals surface area contributed by atoms with Crippen LogP contribution in [-0.4, -0.2) is 93.4 Å². The second kappa shape index (κ2) is 19.9. The van der Waals surface area contributed by atoms with Gasteiger partial charge in [0.1, 0.15) is 36.5 Å². The van der Waals surface area contributed by atoms with Crippen molar-refractivity contribution in [3.8, 4) is 28.4 Å². The molecule has 0 spiro atoms. The van der Waals surface area contributed by atoms with Crippen molar-refractivity contribution in [3.05, 3.63) is 105 Å². The first-order valence-corrected chi connectivity index (χ1v) is 20.5. The fourth-order valence-electron chi connectivity index (χ4n) is 7.72. The van der Waals surface area contributed by atoms with Crippen LogP contribution in [0.3, 0.4) is 0 Å². The summed E-state index contributed by atoms with van der Waals surface area (Å²) < 4.78 is 18.8. The van der Waals surface area contributed by atoms with Crippen LogP contribution in [0.2, 0.25) is 10.0 Å². The normalized spacial score (nSPS) is 17.0. The molecule has 0 radical (unpaired) electrons. The Hall–Kier alpha value is -4.92. The summed E-state index contributed by atoms with van der Waals surface area (Å²) in [6.45, 7) is 5.19. The molecule has 1 amide bonds. The number of aliphatic hydroxyl groups excluding tert-OH is 1. The van der Waals surface area contributed by atoms with Gasteiger partial charge in [-0.05, 0) is 93.6 Å². The number of carbonyl (C=O) groups excluding carboxylic acids is 1. The number of benzene rings is 3. The largest absolute Gasteiger partial charge is 0.492 e. The van der Waals surface area contributed by atoms with Crippen LogP contribution in [0.25, 0.3) is 11.1 Å². The Kier molecular flexibility index (Phi) is 14.7. The van der Waals surface area contributed by atoms with E-state index in [2.05, 4.69) is 9.88 Å². The number of aliphatic hydroxyl groups is 1. The molecule has 314 valence electrons. The van der Waals surface area contributed by atoms with Gasteiger partial charge in [0, 0.05) is 48.2 Å². The lowest BCUT2D eigenvalue weighted by Gasteiger charge is -2.37. The molecule has 6 rings (SSSR count). The van der Waals surface area contributed by atoms with Crippen LogP contribution in [0.5, 0.6) is 17.2 Å². The topological polar surface area (TPSA) is 185 Å². The summed E-state index contributed by atoms with van der Waals surface area (Å²) >= 11 is 13.8. The Morgan fingerprint density at radius 2 is 1.63 bits per heavy atom. The highest BCUT2D eigenvalue weighted by molar-refractivity contribution is 6.35. The summed E-state index contributed by atoms with van der Waals surface area (Å²) in [5.41, 5.74) is 9.55. The highest BCUT2D eigenvalue weighted by atomic mass is 35.5. The van der Waals surface area contributed by atoms with Gasteiger partial charge in [-0.2, -0.15) is 0 Å². The molecule has 1 atom stereocenters. The van der Waals surface area contributed by atoms with Gasteiger partial charge in [0.05, 0.1) is 34.2 Å². The number of nitrogens with two attached hydrogens (primary N) is 1. The molecule has 3 heterocycles. The number of aliphatic carboxylic acids is 2. The molecule has 0 bridgehead atoms. The summed E-state index contributed by atoms with van der Waals surface area (Å²) in [5, 5.41) is 30.0. The first-order chi connectivity index (χ1) is 28.4. The molecule has 13 nitrogen and oxygen atoms in total. The Morgan fingerprint density at radius 1 is 0.881 bits per heavy atom. The maximum atomic E-state index is 12.1. The van der Waals surface area contributed by atoms with Crippen LogP contribution in [-0.2, 0) is 29.3 Å². The minimum absolute atomic E-state index is 0.0638. The molecule has 3 aromatic carbocycles. The van der Waals surface area contributed by atoms with Gasteiger partial charge in [0.2, 0.25) is 5.91 Å². The van der Waals surface area contributed by atoms with Crippen molar-refractivity contribution in [1.29, 1.82) is 0 Å².